The molecule has 1 nitrogen and oxygen atoms in total. The zero-order chi connectivity index (χ0) is 16.2. The molecule has 1 aromatic carbocycles. The van der Waals surface area contributed by atoms with Gasteiger partial charge < -0.3 is 0 Å². The number of allylic oxidation sites excluding steroid dienone is 1. The van der Waals surface area contributed by atoms with Crippen LogP contribution in [0.1, 0.15) is 36.0 Å². The maximum atomic E-state index is 13.1. The number of ketones is 1. The molecule has 0 amide bonds. The molecule has 0 aromatic heterocycles. The summed E-state index contributed by atoms with van der Waals surface area (Å²) in [5.41, 5.74) is 2.54. The Morgan fingerprint density at radius 2 is 1.77 bits per heavy atom. The Kier molecular flexibility index (Phi) is 6.63. The second-order valence-electron chi connectivity index (χ2n) is 7.40. The van der Waals surface area contributed by atoms with E-state index in [4.69, 9.17) is 0 Å². The van der Waals surface area contributed by atoms with E-state index in [1.165, 1.54) is 25.7 Å². The van der Waals surface area contributed by atoms with Gasteiger partial charge in [0, 0.05) is 0 Å². The SMILES string of the molecule is C[S+](CC=C1CCCC1)[CH](C(=O)c1ccccc1)[Sn]([CH3])([CH3])[CH3]. The predicted octanol–water partition coefficient (Wildman–Crippen LogP) is 4.86. The second kappa shape index (κ2) is 8.05. The molecule has 0 spiro atoms. The third-order valence-corrected chi connectivity index (χ3v) is 19.5. The first kappa shape index (κ1) is 18.1. The van der Waals surface area contributed by atoms with Gasteiger partial charge >= 0.3 is 143 Å². The van der Waals surface area contributed by atoms with Crippen LogP contribution < -0.4 is 0 Å². The van der Waals surface area contributed by atoms with Crippen LogP contribution in [0.25, 0.3) is 0 Å². The second-order valence-corrected chi connectivity index (χ2v) is 25.9. The molecule has 2 atom stereocenters. The zero-order valence-electron chi connectivity index (χ0n) is 14.4. The molecule has 2 unspecified atom stereocenters. The van der Waals surface area contributed by atoms with Crippen molar-refractivity contribution in [2.45, 2.75) is 43.8 Å². The first-order valence-corrected chi connectivity index (χ1v) is 20.4. The van der Waals surface area contributed by atoms with Crippen LogP contribution in [-0.4, -0.2) is 39.4 Å². The quantitative estimate of drug-likeness (QED) is 0.276. The van der Waals surface area contributed by atoms with Crippen LogP contribution in [0.15, 0.2) is 42.0 Å². The minimum atomic E-state index is -2.33. The summed E-state index contributed by atoms with van der Waals surface area (Å²) in [5, 5.41) is 0. The van der Waals surface area contributed by atoms with Crippen molar-refractivity contribution in [3.63, 3.8) is 0 Å². The van der Waals surface area contributed by atoms with Gasteiger partial charge in [-0.05, 0) is 0 Å². The molecule has 0 saturated heterocycles. The number of hydrogen-bond acceptors (Lipinski definition) is 1. The Balaban J connectivity index is 2.15. The van der Waals surface area contributed by atoms with Crippen molar-refractivity contribution >= 4 is 35.1 Å². The Hall–Kier alpha value is -0.221. The average molecular weight is 424 g/mol. The summed E-state index contributed by atoms with van der Waals surface area (Å²) in [5.74, 6) is 1.51. The molecule has 2 rings (SSSR count). The van der Waals surface area contributed by atoms with Crippen LogP contribution in [0.3, 0.4) is 0 Å². The molecule has 3 heteroatoms. The number of carbonyl (C=O) groups excluding carboxylic acids is 1. The average Bonchev–Trinajstić information content (AvgIpc) is 2.98. The van der Waals surface area contributed by atoms with Crippen LogP contribution in [0, 0.1) is 0 Å². The number of rotatable bonds is 6. The van der Waals surface area contributed by atoms with Crippen molar-refractivity contribution in [3.05, 3.63) is 47.5 Å². The molecule has 0 bridgehead atoms. The van der Waals surface area contributed by atoms with Gasteiger partial charge in [-0.3, -0.25) is 0 Å². The van der Waals surface area contributed by atoms with Crippen LogP contribution in [0.5, 0.6) is 0 Å². The number of hydrogen-bond donors (Lipinski definition) is 0. The summed E-state index contributed by atoms with van der Waals surface area (Å²) < 4.78 is 0.301. The molecular weight excluding hydrogens is 395 g/mol. The third-order valence-electron chi connectivity index (χ3n) is 4.37. The summed E-state index contributed by atoms with van der Waals surface area (Å²) in [7, 11) is 0.164. The fraction of sp³-hybridized carbons (Fsp3) is 0.526. The monoisotopic (exact) mass is 425 g/mol. The molecule has 1 fully saturated rings. The summed E-state index contributed by atoms with van der Waals surface area (Å²) in [6.45, 7) is 0. The molecule has 120 valence electrons. The first-order chi connectivity index (χ1) is 10.4. The van der Waals surface area contributed by atoms with Crippen molar-refractivity contribution in [2.75, 3.05) is 12.0 Å². The van der Waals surface area contributed by atoms with Crippen molar-refractivity contribution in [1.82, 2.24) is 0 Å². The van der Waals surface area contributed by atoms with Crippen molar-refractivity contribution < 1.29 is 4.79 Å². The molecule has 22 heavy (non-hydrogen) atoms. The zero-order valence-corrected chi connectivity index (χ0v) is 18.1. The Labute approximate surface area is 142 Å². The topological polar surface area (TPSA) is 17.1 Å². The van der Waals surface area contributed by atoms with Gasteiger partial charge in [-0.2, -0.15) is 0 Å². The van der Waals surface area contributed by atoms with Gasteiger partial charge in [-0.15, -0.1) is 0 Å². The summed E-state index contributed by atoms with van der Waals surface area (Å²) in [6.07, 6.45) is 10.1. The fourth-order valence-corrected chi connectivity index (χ4v) is 19.6. The minimum absolute atomic E-state index is 0.164. The van der Waals surface area contributed by atoms with E-state index >= 15 is 0 Å². The number of benzene rings is 1. The molecule has 0 heterocycles. The number of Topliss-reactive ketones (excluding diaryl/α,β-unsaturated/α-hetero) is 1. The van der Waals surface area contributed by atoms with E-state index in [2.05, 4.69) is 27.2 Å². The van der Waals surface area contributed by atoms with Gasteiger partial charge in [0.25, 0.3) is 0 Å². The molecule has 1 saturated carbocycles. The summed E-state index contributed by atoms with van der Waals surface area (Å²) >= 11 is -2.33. The van der Waals surface area contributed by atoms with Crippen molar-refractivity contribution in [3.8, 4) is 0 Å². The van der Waals surface area contributed by atoms with Gasteiger partial charge in [0.2, 0.25) is 0 Å². The molecular formula is C19H29OSSn+. The van der Waals surface area contributed by atoms with E-state index in [1.54, 1.807) is 5.57 Å². The Bertz CT molecular complexity index is 522. The predicted molar refractivity (Wildman–Crippen MR) is 103 cm³/mol. The standard InChI is InChI=1S/C16H20OS.3CH3.Sn/c1-18(12-11-14-7-5-6-8-14)13-16(17)15-9-3-2-4-10-15;;;;/h2-4,9-11,13H,5-8,12H2,1H3;3*1H3;/q+1;;;;. The normalized spacial score (nSPS) is 18.1. The van der Waals surface area contributed by atoms with Gasteiger partial charge in [0.15, 0.2) is 0 Å². The molecule has 1 aliphatic rings. The van der Waals surface area contributed by atoms with E-state index in [0.717, 1.165) is 11.3 Å². The van der Waals surface area contributed by atoms with E-state index in [-0.39, 0.29) is 10.9 Å². The first-order valence-electron chi connectivity index (χ1n) is 8.28. The summed E-state index contributed by atoms with van der Waals surface area (Å²) in [4.78, 5) is 20.3. The Morgan fingerprint density at radius 1 is 1.18 bits per heavy atom. The number of carbonyl (C=O) groups is 1. The van der Waals surface area contributed by atoms with Crippen molar-refractivity contribution in [1.29, 1.82) is 0 Å². The molecule has 1 aliphatic carbocycles. The molecule has 1 aromatic rings. The van der Waals surface area contributed by atoms with Crippen LogP contribution in [0.4, 0.5) is 0 Å². The summed E-state index contributed by atoms with van der Waals surface area (Å²) in [6, 6.07) is 9.93. The van der Waals surface area contributed by atoms with E-state index < -0.39 is 18.4 Å². The fourth-order valence-electron chi connectivity index (χ4n) is 3.31. The van der Waals surface area contributed by atoms with Gasteiger partial charge in [-0.1, -0.05) is 0 Å². The van der Waals surface area contributed by atoms with E-state index in [1.807, 2.05) is 30.3 Å². The van der Waals surface area contributed by atoms with E-state index in [0.29, 0.717) is 9.05 Å². The van der Waals surface area contributed by atoms with Crippen LogP contribution >= 0.6 is 0 Å². The van der Waals surface area contributed by atoms with Gasteiger partial charge in [0.1, 0.15) is 0 Å². The molecule has 0 radical (unpaired) electrons. The van der Waals surface area contributed by atoms with E-state index in [9.17, 15) is 4.79 Å². The molecule has 0 N–H and O–H groups in total. The maximum absolute atomic E-state index is 13.1. The van der Waals surface area contributed by atoms with Gasteiger partial charge in [0.05, 0.1) is 0 Å². The van der Waals surface area contributed by atoms with Crippen molar-refractivity contribution in [2.24, 2.45) is 0 Å². The van der Waals surface area contributed by atoms with Gasteiger partial charge in [-0.25, -0.2) is 0 Å². The van der Waals surface area contributed by atoms with Crippen LogP contribution in [-0.2, 0) is 10.9 Å². The van der Waals surface area contributed by atoms with Crippen LogP contribution in [0.2, 0.25) is 14.8 Å². The third kappa shape index (κ3) is 4.89. The molecule has 0 aliphatic heterocycles. The Morgan fingerprint density at radius 3 is 2.32 bits per heavy atom.